The maximum Gasteiger partial charge on any atom is 0.119 e. The van der Waals surface area contributed by atoms with E-state index in [1.54, 1.807) is 0 Å². The van der Waals surface area contributed by atoms with E-state index in [9.17, 15) is 4.39 Å². The van der Waals surface area contributed by atoms with Crippen LogP contribution in [0.5, 0.6) is 5.75 Å². The minimum Gasteiger partial charge on any atom is -0.493 e. The number of halogens is 2. The Labute approximate surface area is 111 Å². The van der Waals surface area contributed by atoms with E-state index in [0.717, 1.165) is 22.3 Å². The lowest BCUT2D eigenvalue weighted by atomic mass is 10.2. The van der Waals surface area contributed by atoms with Crippen molar-refractivity contribution < 1.29 is 9.13 Å². The molecule has 17 heavy (non-hydrogen) atoms. The average molecular weight is 304 g/mol. The van der Waals surface area contributed by atoms with Crippen LogP contribution in [0.2, 0.25) is 0 Å². The predicted molar refractivity (Wildman–Crippen MR) is 72.2 cm³/mol. The van der Waals surface area contributed by atoms with E-state index in [-0.39, 0.29) is 6.67 Å². The molecule has 0 fully saturated rings. The van der Waals surface area contributed by atoms with Crippen LogP contribution in [0.15, 0.2) is 22.7 Å². The number of alkyl halides is 1. The summed E-state index contributed by atoms with van der Waals surface area (Å²) >= 11 is 3.51. The van der Waals surface area contributed by atoms with E-state index in [4.69, 9.17) is 4.74 Å². The molecule has 1 N–H and O–H groups in total. The molecule has 0 saturated heterocycles. The number of hydrogen-bond acceptors (Lipinski definition) is 2. The van der Waals surface area contributed by atoms with Gasteiger partial charge in [-0.15, -0.1) is 0 Å². The lowest BCUT2D eigenvalue weighted by Gasteiger charge is -2.12. The van der Waals surface area contributed by atoms with Gasteiger partial charge in [-0.25, -0.2) is 0 Å². The largest absolute Gasteiger partial charge is 0.493 e. The summed E-state index contributed by atoms with van der Waals surface area (Å²) < 4.78 is 18.5. The highest BCUT2D eigenvalue weighted by molar-refractivity contribution is 9.10. The van der Waals surface area contributed by atoms with E-state index < -0.39 is 0 Å². The van der Waals surface area contributed by atoms with Gasteiger partial charge in [0.05, 0.1) is 13.3 Å². The third-order valence-electron chi connectivity index (χ3n) is 2.26. The zero-order chi connectivity index (χ0) is 12.7. The van der Waals surface area contributed by atoms with Crippen molar-refractivity contribution in [1.29, 1.82) is 0 Å². The Morgan fingerprint density at radius 3 is 2.82 bits per heavy atom. The molecule has 0 aliphatic rings. The fraction of sp³-hybridized carbons (Fsp3) is 0.538. The van der Waals surface area contributed by atoms with Crippen molar-refractivity contribution in [3.05, 3.63) is 28.2 Å². The molecule has 0 bridgehead atoms. The van der Waals surface area contributed by atoms with Crippen molar-refractivity contribution in [1.82, 2.24) is 5.32 Å². The summed E-state index contributed by atoms with van der Waals surface area (Å²) in [5, 5.41) is 3.35. The maximum absolute atomic E-state index is 12.0. The van der Waals surface area contributed by atoms with Crippen LogP contribution in [0.3, 0.4) is 0 Å². The normalized spacial score (nSPS) is 10.9. The third-order valence-corrected chi connectivity index (χ3v) is 3.04. The van der Waals surface area contributed by atoms with Crippen LogP contribution in [0.1, 0.15) is 25.8 Å². The smallest absolute Gasteiger partial charge is 0.119 e. The van der Waals surface area contributed by atoms with Crippen molar-refractivity contribution in [2.24, 2.45) is 0 Å². The second-order valence-electron chi connectivity index (χ2n) is 4.18. The molecule has 0 aliphatic carbocycles. The van der Waals surface area contributed by atoms with Gasteiger partial charge in [0.1, 0.15) is 5.75 Å². The van der Waals surface area contributed by atoms with Crippen LogP contribution in [-0.4, -0.2) is 19.3 Å². The van der Waals surface area contributed by atoms with Crippen LogP contribution < -0.4 is 10.1 Å². The highest BCUT2D eigenvalue weighted by Crippen LogP contribution is 2.22. The van der Waals surface area contributed by atoms with Gasteiger partial charge in [0.25, 0.3) is 0 Å². The standard InChI is InChI=1S/C13H19BrFNO/c1-10(2)16-9-11-8-12(4-5-13(11)14)17-7-3-6-15/h4-5,8,10,16H,3,6-7,9H2,1-2H3. The Morgan fingerprint density at radius 1 is 1.41 bits per heavy atom. The molecule has 1 aromatic carbocycles. The quantitative estimate of drug-likeness (QED) is 0.776. The average Bonchev–Trinajstić information content (AvgIpc) is 2.29. The van der Waals surface area contributed by atoms with Crippen LogP contribution >= 0.6 is 15.9 Å². The molecule has 0 aromatic heterocycles. The number of rotatable bonds is 7. The van der Waals surface area contributed by atoms with Crippen molar-refractivity contribution in [2.45, 2.75) is 32.9 Å². The van der Waals surface area contributed by atoms with Gasteiger partial charge in [0.2, 0.25) is 0 Å². The molecule has 0 amide bonds. The van der Waals surface area contributed by atoms with E-state index in [1.807, 2.05) is 18.2 Å². The summed E-state index contributed by atoms with van der Waals surface area (Å²) in [5.74, 6) is 0.794. The van der Waals surface area contributed by atoms with Crippen molar-refractivity contribution in [3.8, 4) is 5.75 Å². The van der Waals surface area contributed by atoms with E-state index in [1.165, 1.54) is 0 Å². The van der Waals surface area contributed by atoms with Crippen molar-refractivity contribution >= 4 is 15.9 Å². The van der Waals surface area contributed by atoms with E-state index >= 15 is 0 Å². The number of nitrogens with one attached hydrogen (secondary N) is 1. The Kier molecular flexibility index (Phi) is 6.52. The lowest BCUT2D eigenvalue weighted by Crippen LogP contribution is -2.22. The molecule has 0 radical (unpaired) electrons. The van der Waals surface area contributed by atoms with Crippen LogP contribution in [0.25, 0.3) is 0 Å². The fourth-order valence-electron chi connectivity index (χ4n) is 1.34. The summed E-state index contributed by atoms with van der Waals surface area (Å²) in [6.45, 7) is 5.09. The fourth-order valence-corrected chi connectivity index (χ4v) is 1.72. The highest BCUT2D eigenvalue weighted by Gasteiger charge is 2.03. The van der Waals surface area contributed by atoms with Crippen LogP contribution in [0, 0.1) is 0 Å². The molecular weight excluding hydrogens is 285 g/mol. The van der Waals surface area contributed by atoms with Gasteiger partial charge in [-0.1, -0.05) is 29.8 Å². The first-order valence-corrected chi connectivity index (χ1v) is 6.63. The topological polar surface area (TPSA) is 21.3 Å². The molecule has 4 heteroatoms. The molecular formula is C13H19BrFNO. The Balaban J connectivity index is 2.59. The molecule has 0 saturated carbocycles. The molecule has 96 valence electrons. The zero-order valence-corrected chi connectivity index (χ0v) is 11.9. The van der Waals surface area contributed by atoms with Gasteiger partial charge in [0.15, 0.2) is 0 Å². The Morgan fingerprint density at radius 2 is 2.18 bits per heavy atom. The molecule has 1 aromatic rings. The molecule has 0 unspecified atom stereocenters. The van der Waals surface area contributed by atoms with Gasteiger partial charge in [-0.2, -0.15) is 0 Å². The number of hydrogen-bond donors (Lipinski definition) is 1. The molecule has 0 aliphatic heterocycles. The maximum atomic E-state index is 12.0. The monoisotopic (exact) mass is 303 g/mol. The number of benzene rings is 1. The third kappa shape index (κ3) is 5.50. The molecule has 0 heterocycles. The minimum absolute atomic E-state index is 0.335. The molecule has 2 nitrogen and oxygen atoms in total. The summed E-state index contributed by atoms with van der Waals surface area (Å²) in [7, 11) is 0. The summed E-state index contributed by atoms with van der Waals surface area (Å²) in [6, 6.07) is 6.28. The van der Waals surface area contributed by atoms with Gasteiger partial charge in [0, 0.05) is 23.5 Å². The predicted octanol–water partition coefficient (Wildman–Crippen LogP) is 3.69. The number of ether oxygens (including phenoxy) is 1. The lowest BCUT2D eigenvalue weighted by molar-refractivity contribution is 0.289. The van der Waals surface area contributed by atoms with E-state index in [2.05, 4.69) is 35.1 Å². The first-order valence-electron chi connectivity index (χ1n) is 5.84. The minimum atomic E-state index is -0.335. The second kappa shape index (κ2) is 7.67. The van der Waals surface area contributed by atoms with Crippen molar-refractivity contribution in [2.75, 3.05) is 13.3 Å². The van der Waals surface area contributed by atoms with Crippen LogP contribution in [-0.2, 0) is 6.54 Å². The molecule has 0 spiro atoms. The second-order valence-corrected chi connectivity index (χ2v) is 5.03. The first kappa shape index (κ1) is 14.5. The van der Waals surface area contributed by atoms with Gasteiger partial charge >= 0.3 is 0 Å². The van der Waals surface area contributed by atoms with Gasteiger partial charge in [-0.3, -0.25) is 4.39 Å². The molecule has 0 atom stereocenters. The van der Waals surface area contributed by atoms with Crippen molar-refractivity contribution in [3.63, 3.8) is 0 Å². The Hall–Kier alpha value is -0.610. The van der Waals surface area contributed by atoms with E-state index in [0.29, 0.717) is 19.1 Å². The summed E-state index contributed by atoms with van der Waals surface area (Å²) in [5.41, 5.74) is 1.15. The van der Waals surface area contributed by atoms with Crippen LogP contribution in [0.4, 0.5) is 4.39 Å². The SMILES string of the molecule is CC(C)NCc1cc(OCCCF)ccc1Br. The zero-order valence-electron chi connectivity index (χ0n) is 10.3. The Bertz CT molecular complexity index is 344. The highest BCUT2D eigenvalue weighted by atomic mass is 79.9. The summed E-state index contributed by atoms with van der Waals surface area (Å²) in [6.07, 6.45) is 0.440. The first-order chi connectivity index (χ1) is 8.13. The van der Waals surface area contributed by atoms with Gasteiger partial charge < -0.3 is 10.1 Å². The van der Waals surface area contributed by atoms with Gasteiger partial charge in [-0.05, 0) is 23.8 Å². The summed E-state index contributed by atoms with van der Waals surface area (Å²) in [4.78, 5) is 0. The molecule has 1 rings (SSSR count).